The lowest BCUT2D eigenvalue weighted by atomic mass is 9.86. The molecule has 2 heteroatoms. The number of likely N-dealkylation sites (tertiary alicyclic amines) is 1. The second kappa shape index (κ2) is 9.39. The van der Waals surface area contributed by atoms with Crippen LogP contribution in [0.25, 0.3) is 0 Å². The highest BCUT2D eigenvalue weighted by molar-refractivity contribution is 5.82. The molecule has 2 aliphatic rings. The average molecular weight is 269 g/mol. The van der Waals surface area contributed by atoms with E-state index in [-0.39, 0.29) is 5.41 Å². The highest BCUT2D eigenvalue weighted by Gasteiger charge is 2.39. The fourth-order valence-electron chi connectivity index (χ4n) is 3.12. The van der Waals surface area contributed by atoms with E-state index >= 15 is 0 Å². The Labute approximate surface area is 120 Å². The van der Waals surface area contributed by atoms with Crippen LogP contribution >= 0.6 is 0 Å². The van der Waals surface area contributed by atoms with Crippen LogP contribution in [0, 0.1) is 11.3 Å². The molecule has 0 aromatic carbocycles. The molecule has 0 N–H and O–H groups in total. The van der Waals surface area contributed by atoms with Crippen molar-refractivity contribution in [2.75, 3.05) is 13.1 Å². The van der Waals surface area contributed by atoms with E-state index in [1.807, 2.05) is 27.7 Å². The Balaban J connectivity index is 0.000000741. The third-order valence-corrected chi connectivity index (χ3v) is 4.17. The first-order valence-electron chi connectivity index (χ1n) is 8.41. The Morgan fingerprint density at radius 2 is 1.58 bits per heavy atom. The van der Waals surface area contributed by atoms with Gasteiger partial charge in [-0.3, -0.25) is 4.79 Å². The summed E-state index contributed by atoms with van der Waals surface area (Å²) in [4.78, 5) is 14.5. The first-order valence-corrected chi connectivity index (χ1v) is 8.41. The van der Waals surface area contributed by atoms with Crippen molar-refractivity contribution >= 4 is 5.91 Å². The van der Waals surface area contributed by atoms with Crippen LogP contribution in [-0.2, 0) is 4.79 Å². The molecule has 19 heavy (non-hydrogen) atoms. The van der Waals surface area contributed by atoms with Gasteiger partial charge >= 0.3 is 0 Å². The lowest BCUT2D eigenvalue weighted by molar-refractivity contribution is -0.142. The quantitative estimate of drug-likeness (QED) is 0.664. The van der Waals surface area contributed by atoms with Crippen molar-refractivity contribution in [3.63, 3.8) is 0 Å². The topological polar surface area (TPSA) is 20.3 Å². The maximum absolute atomic E-state index is 12.4. The van der Waals surface area contributed by atoms with E-state index in [1.54, 1.807) is 0 Å². The summed E-state index contributed by atoms with van der Waals surface area (Å²) in [5.41, 5.74) is -0.0168. The second-order valence-corrected chi connectivity index (χ2v) is 5.77. The van der Waals surface area contributed by atoms with Gasteiger partial charge in [0.25, 0.3) is 0 Å². The molecule has 1 amide bonds. The normalized spacial score (nSPS) is 24.7. The van der Waals surface area contributed by atoms with Gasteiger partial charge in [0.2, 0.25) is 5.91 Å². The summed E-state index contributed by atoms with van der Waals surface area (Å²) < 4.78 is 0. The molecule has 2 fully saturated rings. The number of hydrogen-bond acceptors (Lipinski definition) is 1. The standard InChI is InChI=1S/C13H23NO.2C2H6/c1-11-6-5-9-14(10-11)12(15)13(2)7-3-4-8-13;2*1-2/h11H,3-10H2,1-2H3;2*1-2H3. The molecule has 0 aromatic rings. The molecule has 1 heterocycles. The van der Waals surface area contributed by atoms with Crippen molar-refractivity contribution in [3.05, 3.63) is 0 Å². The van der Waals surface area contributed by atoms with Gasteiger partial charge in [-0.1, -0.05) is 54.4 Å². The first-order chi connectivity index (χ1) is 9.12. The maximum Gasteiger partial charge on any atom is 0.228 e. The number of carbonyl (C=O) groups is 1. The lowest BCUT2D eigenvalue weighted by Crippen LogP contribution is -2.45. The van der Waals surface area contributed by atoms with Gasteiger partial charge in [0.1, 0.15) is 0 Å². The van der Waals surface area contributed by atoms with E-state index in [0.717, 1.165) is 25.9 Å². The Hall–Kier alpha value is -0.530. The molecule has 0 aromatic heterocycles. The van der Waals surface area contributed by atoms with E-state index in [0.29, 0.717) is 11.8 Å². The first kappa shape index (κ1) is 18.5. The molecular formula is C17H35NO. The summed E-state index contributed by atoms with van der Waals surface area (Å²) in [7, 11) is 0. The third-order valence-electron chi connectivity index (χ3n) is 4.17. The Kier molecular flexibility index (Phi) is 9.12. The van der Waals surface area contributed by atoms with Gasteiger partial charge in [0.05, 0.1) is 0 Å². The predicted molar refractivity (Wildman–Crippen MR) is 84.2 cm³/mol. The summed E-state index contributed by atoms with van der Waals surface area (Å²) >= 11 is 0. The molecule has 0 radical (unpaired) electrons. The molecule has 1 saturated carbocycles. The van der Waals surface area contributed by atoms with Crippen molar-refractivity contribution in [1.82, 2.24) is 4.90 Å². The predicted octanol–water partition coefficient (Wildman–Crippen LogP) is 4.88. The summed E-state index contributed by atoms with van der Waals surface area (Å²) in [6.07, 6.45) is 7.19. The van der Waals surface area contributed by atoms with Crippen molar-refractivity contribution < 1.29 is 4.79 Å². The molecular weight excluding hydrogens is 234 g/mol. The zero-order chi connectivity index (χ0) is 14.9. The number of carbonyl (C=O) groups excluding carboxylic acids is 1. The highest BCUT2D eigenvalue weighted by atomic mass is 16.2. The fraction of sp³-hybridized carbons (Fsp3) is 0.941. The van der Waals surface area contributed by atoms with Crippen molar-refractivity contribution in [1.29, 1.82) is 0 Å². The van der Waals surface area contributed by atoms with Crippen LogP contribution in [-0.4, -0.2) is 23.9 Å². The van der Waals surface area contributed by atoms with E-state index in [9.17, 15) is 4.79 Å². The van der Waals surface area contributed by atoms with E-state index in [1.165, 1.54) is 25.7 Å². The maximum atomic E-state index is 12.4. The molecule has 0 bridgehead atoms. The van der Waals surface area contributed by atoms with Gasteiger partial charge in [-0.05, 0) is 31.6 Å². The lowest BCUT2D eigenvalue weighted by Gasteiger charge is -2.36. The summed E-state index contributed by atoms with van der Waals surface area (Å²) in [6.45, 7) is 14.4. The second-order valence-electron chi connectivity index (χ2n) is 5.77. The zero-order valence-electron chi connectivity index (χ0n) is 14.1. The molecule has 2 nitrogen and oxygen atoms in total. The summed E-state index contributed by atoms with van der Waals surface area (Å²) in [6, 6.07) is 0. The number of rotatable bonds is 1. The van der Waals surface area contributed by atoms with Crippen LogP contribution in [0.2, 0.25) is 0 Å². The molecule has 1 unspecified atom stereocenters. The third kappa shape index (κ3) is 5.16. The van der Waals surface area contributed by atoms with Gasteiger partial charge in [-0.25, -0.2) is 0 Å². The van der Waals surface area contributed by atoms with Crippen molar-refractivity contribution in [3.8, 4) is 0 Å². The monoisotopic (exact) mass is 269 g/mol. The molecule has 1 aliphatic carbocycles. The number of hydrogen-bond donors (Lipinski definition) is 0. The van der Waals surface area contributed by atoms with Gasteiger partial charge in [0, 0.05) is 18.5 Å². The smallest absolute Gasteiger partial charge is 0.228 e. The summed E-state index contributed by atoms with van der Waals surface area (Å²) in [5, 5.41) is 0. The minimum absolute atomic E-state index is 0.0168. The summed E-state index contributed by atoms with van der Waals surface area (Å²) in [5.74, 6) is 1.14. The molecule has 1 saturated heterocycles. The van der Waals surface area contributed by atoms with Gasteiger partial charge in [0.15, 0.2) is 0 Å². The molecule has 1 aliphatic heterocycles. The average Bonchev–Trinajstić information content (AvgIpc) is 2.90. The SMILES string of the molecule is CC.CC.CC1CCCN(C(=O)C2(C)CCCC2)C1. The number of nitrogens with zero attached hydrogens (tertiary/aromatic N) is 1. The van der Waals surface area contributed by atoms with Crippen molar-refractivity contribution in [2.24, 2.45) is 11.3 Å². The zero-order valence-corrected chi connectivity index (χ0v) is 14.1. The van der Waals surface area contributed by atoms with E-state index < -0.39 is 0 Å². The molecule has 0 spiro atoms. The molecule has 1 atom stereocenters. The highest BCUT2D eigenvalue weighted by Crippen LogP contribution is 2.39. The Morgan fingerprint density at radius 3 is 2.05 bits per heavy atom. The van der Waals surface area contributed by atoms with Crippen LogP contribution in [0.4, 0.5) is 0 Å². The fourth-order valence-corrected chi connectivity index (χ4v) is 3.12. The Bertz CT molecular complexity index is 244. The largest absolute Gasteiger partial charge is 0.342 e. The molecule has 114 valence electrons. The Morgan fingerprint density at radius 1 is 1.05 bits per heavy atom. The van der Waals surface area contributed by atoms with Crippen LogP contribution in [0.5, 0.6) is 0 Å². The van der Waals surface area contributed by atoms with Gasteiger partial charge in [-0.15, -0.1) is 0 Å². The van der Waals surface area contributed by atoms with Gasteiger partial charge < -0.3 is 4.90 Å². The number of amides is 1. The van der Waals surface area contributed by atoms with E-state index in [4.69, 9.17) is 0 Å². The van der Waals surface area contributed by atoms with Crippen LogP contribution in [0.15, 0.2) is 0 Å². The molecule has 2 rings (SSSR count). The van der Waals surface area contributed by atoms with E-state index in [2.05, 4.69) is 18.7 Å². The van der Waals surface area contributed by atoms with Crippen LogP contribution in [0.3, 0.4) is 0 Å². The minimum Gasteiger partial charge on any atom is -0.342 e. The van der Waals surface area contributed by atoms with Crippen LogP contribution in [0.1, 0.15) is 80.1 Å². The van der Waals surface area contributed by atoms with Gasteiger partial charge in [-0.2, -0.15) is 0 Å². The number of piperidine rings is 1. The van der Waals surface area contributed by atoms with Crippen LogP contribution < -0.4 is 0 Å². The minimum atomic E-state index is -0.0168. The van der Waals surface area contributed by atoms with Crippen molar-refractivity contribution in [2.45, 2.75) is 80.1 Å².